The summed E-state index contributed by atoms with van der Waals surface area (Å²) in [5.41, 5.74) is 0.807. The maximum atomic E-state index is 10.6. The van der Waals surface area contributed by atoms with Crippen LogP contribution in [-0.2, 0) is 6.54 Å². The highest BCUT2D eigenvalue weighted by molar-refractivity contribution is 5.85. The summed E-state index contributed by atoms with van der Waals surface area (Å²) in [4.78, 5) is 10.6. The molecule has 0 saturated heterocycles. The van der Waals surface area contributed by atoms with Crippen LogP contribution in [0.3, 0.4) is 0 Å². The summed E-state index contributed by atoms with van der Waals surface area (Å²) in [5, 5.41) is 16.2. The van der Waals surface area contributed by atoms with Crippen molar-refractivity contribution in [3.63, 3.8) is 0 Å². The molecule has 2 heterocycles. The van der Waals surface area contributed by atoms with E-state index in [2.05, 4.69) is 10.3 Å². The Morgan fingerprint density at radius 2 is 2.47 bits per heavy atom. The SMILES string of the molecule is Cc1cc(Cn2ccc(C(=O)O)n2)on1. The average Bonchev–Trinajstić information content (AvgIpc) is 2.76. The second kappa shape index (κ2) is 3.56. The Kier molecular flexibility index (Phi) is 2.24. The lowest BCUT2D eigenvalue weighted by Gasteiger charge is -1.94. The molecule has 0 spiro atoms. The van der Waals surface area contributed by atoms with Crippen LogP contribution in [0.15, 0.2) is 22.9 Å². The predicted octanol–water partition coefficient (Wildman–Crippen LogP) is 0.926. The number of carboxylic acid groups (broad SMARTS) is 1. The highest BCUT2D eigenvalue weighted by atomic mass is 16.5. The average molecular weight is 207 g/mol. The topological polar surface area (TPSA) is 81.2 Å². The fourth-order valence-corrected chi connectivity index (χ4v) is 1.21. The second-order valence-corrected chi connectivity index (χ2v) is 3.14. The van der Waals surface area contributed by atoms with E-state index in [-0.39, 0.29) is 5.69 Å². The van der Waals surface area contributed by atoms with E-state index in [4.69, 9.17) is 9.63 Å². The molecule has 0 fully saturated rings. The third-order valence-corrected chi connectivity index (χ3v) is 1.85. The van der Waals surface area contributed by atoms with Crippen molar-refractivity contribution in [3.8, 4) is 0 Å². The van der Waals surface area contributed by atoms with E-state index in [1.54, 1.807) is 12.3 Å². The molecule has 2 aromatic rings. The Morgan fingerprint density at radius 1 is 1.67 bits per heavy atom. The van der Waals surface area contributed by atoms with Crippen molar-refractivity contribution < 1.29 is 14.4 Å². The summed E-state index contributed by atoms with van der Waals surface area (Å²) in [6, 6.07) is 3.22. The maximum Gasteiger partial charge on any atom is 0.356 e. The molecule has 2 rings (SSSR count). The molecule has 0 radical (unpaired) electrons. The van der Waals surface area contributed by atoms with Crippen molar-refractivity contribution >= 4 is 5.97 Å². The number of nitrogens with zero attached hydrogens (tertiary/aromatic N) is 3. The summed E-state index contributed by atoms with van der Waals surface area (Å²) >= 11 is 0. The molecule has 0 aliphatic carbocycles. The van der Waals surface area contributed by atoms with E-state index in [1.165, 1.54) is 10.7 Å². The molecule has 0 saturated carbocycles. The summed E-state index contributed by atoms with van der Waals surface area (Å²) in [6.07, 6.45) is 1.58. The van der Waals surface area contributed by atoms with Crippen LogP contribution in [0.1, 0.15) is 21.9 Å². The van der Waals surface area contributed by atoms with E-state index in [1.807, 2.05) is 6.92 Å². The Balaban J connectivity index is 2.14. The lowest BCUT2D eigenvalue weighted by molar-refractivity contribution is 0.0689. The molecule has 0 unspecified atom stereocenters. The number of rotatable bonds is 3. The number of carbonyl (C=O) groups is 1. The first-order valence-electron chi connectivity index (χ1n) is 4.34. The van der Waals surface area contributed by atoms with E-state index in [9.17, 15) is 4.79 Å². The Bertz CT molecular complexity index is 486. The van der Waals surface area contributed by atoms with Crippen LogP contribution in [0, 0.1) is 6.92 Å². The van der Waals surface area contributed by atoms with Crippen LogP contribution >= 0.6 is 0 Å². The zero-order valence-corrected chi connectivity index (χ0v) is 8.04. The molecule has 78 valence electrons. The molecular weight excluding hydrogens is 198 g/mol. The minimum Gasteiger partial charge on any atom is -0.476 e. The van der Waals surface area contributed by atoms with Crippen LogP contribution in [0.4, 0.5) is 0 Å². The van der Waals surface area contributed by atoms with Gasteiger partial charge in [0.25, 0.3) is 0 Å². The normalized spacial score (nSPS) is 10.5. The summed E-state index contributed by atoms with van der Waals surface area (Å²) in [7, 11) is 0. The van der Waals surface area contributed by atoms with E-state index < -0.39 is 5.97 Å². The lowest BCUT2D eigenvalue weighted by atomic mass is 10.4. The monoisotopic (exact) mass is 207 g/mol. The Hall–Kier alpha value is -2.11. The van der Waals surface area contributed by atoms with Gasteiger partial charge in [-0.2, -0.15) is 5.10 Å². The van der Waals surface area contributed by atoms with E-state index >= 15 is 0 Å². The molecule has 0 bridgehead atoms. The highest BCUT2D eigenvalue weighted by Crippen LogP contribution is 2.05. The van der Waals surface area contributed by atoms with Gasteiger partial charge in [-0.15, -0.1) is 0 Å². The molecule has 0 aromatic carbocycles. The molecule has 0 aliphatic heterocycles. The summed E-state index contributed by atoms with van der Waals surface area (Å²) < 4.78 is 6.47. The summed E-state index contributed by atoms with van der Waals surface area (Å²) in [6.45, 7) is 2.20. The fraction of sp³-hybridized carbons (Fsp3) is 0.222. The number of hydrogen-bond donors (Lipinski definition) is 1. The molecule has 15 heavy (non-hydrogen) atoms. The number of aryl methyl sites for hydroxylation is 1. The number of aromatic nitrogens is 3. The van der Waals surface area contributed by atoms with Crippen molar-refractivity contribution in [3.05, 3.63) is 35.5 Å². The van der Waals surface area contributed by atoms with Gasteiger partial charge in [0.1, 0.15) is 6.54 Å². The molecule has 1 N–H and O–H groups in total. The van der Waals surface area contributed by atoms with E-state index in [0.717, 1.165) is 5.69 Å². The number of aromatic carboxylic acids is 1. The van der Waals surface area contributed by atoms with Crippen molar-refractivity contribution in [2.24, 2.45) is 0 Å². The molecule has 0 aliphatic rings. The highest BCUT2D eigenvalue weighted by Gasteiger charge is 2.08. The van der Waals surface area contributed by atoms with Crippen LogP contribution in [0.25, 0.3) is 0 Å². The summed E-state index contributed by atoms with van der Waals surface area (Å²) in [5.74, 6) is -0.393. The van der Waals surface area contributed by atoms with Crippen LogP contribution in [0.2, 0.25) is 0 Å². The molecule has 2 aromatic heterocycles. The van der Waals surface area contributed by atoms with Crippen LogP contribution in [-0.4, -0.2) is 26.0 Å². The van der Waals surface area contributed by atoms with Crippen LogP contribution in [0.5, 0.6) is 0 Å². The van der Waals surface area contributed by atoms with Gasteiger partial charge in [-0.25, -0.2) is 4.79 Å². The third-order valence-electron chi connectivity index (χ3n) is 1.85. The zero-order valence-electron chi connectivity index (χ0n) is 8.04. The van der Waals surface area contributed by atoms with Crippen molar-refractivity contribution in [2.45, 2.75) is 13.5 Å². The molecular formula is C9H9N3O3. The molecule has 0 atom stereocenters. The quantitative estimate of drug-likeness (QED) is 0.809. The first kappa shape index (κ1) is 9.45. The van der Waals surface area contributed by atoms with Gasteiger partial charge in [0.15, 0.2) is 11.5 Å². The largest absolute Gasteiger partial charge is 0.476 e. The molecule has 6 nitrogen and oxygen atoms in total. The van der Waals surface area contributed by atoms with Crippen molar-refractivity contribution in [1.82, 2.24) is 14.9 Å². The second-order valence-electron chi connectivity index (χ2n) is 3.14. The van der Waals surface area contributed by atoms with Gasteiger partial charge in [0, 0.05) is 12.3 Å². The first-order chi connectivity index (χ1) is 7.15. The fourth-order valence-electron chi connectivity index (χ4n) is 1.21. The maximum absolute atomic E-state index is 10.6. The number of carboxylic acids is 1. The van der Waals surface area contributed by atoms with Crippen molar-refractivity contribution in [2.75, 3.05) is 0 Å². The van der Waals surface area contributed by atoms with Gasteiger partial charge in [-0.1, -0.05) is 5.16 Å². The molecule has 6 heteroatoms. The third kappa shape index (κ3) is 2.04. The minimum atomic E-state index is -1.04. The van der Waals surface area contributed by atoms with Gasteiger partial charge < -0.3 is 9.63 Å². The smallest absolute Gasteiger partial charge is 0.356 e. The van der Waals surface area contributed by atoms with Gasteiger partial charge >= 0.3 is 5.97 Å². The lowest BCUT2D eigenvalue weighted by Crippen LogP contribution is -2.03. The number of hydrogen-bond acceptors (Lipinski definition) is 4. The minimum absolute atomic E-state index is 0.0197. The molecule has 0 amide bonds. The van der Waals surface area contributed by atoms with Crippen molar-refractivity contribution in [1.29, 1.82) is 0 Å². The van der Waals surface area contributed by atoms with Crippen LogP contribution < -0.4 is 0 Å². The first-order valence-corrected chi connectivity index (χ1v) is 4.34. The Labute approximate surface area is 85.1 Å². The van der Waals surface area contributed by atoms with Gasteiger partial charge in [0.2, 0.25) is 0 Å². The van der Waals surface area contributed by atoms with Gasteiger partial charge in [-0.3, -0.25) is 4.68 Å². The van der Waals surface area contributed by atoms with E-state index in [0.29, 0.717) is 12.3 Å². The van der Waals surface area contributed by atoms with Gasteiger partial charge in [0.05, 0.1) is 5.69 Å². The zero-order chi connectivity index (χ0) is 10.8. The van der Waals surface area contributed by atoms with Gasteiger partial charge in [-0.05, 0) is 13.0 Å². The standard InChI is InChI=1S/C9H9N3O3/c1-6-4-7(15-11-6)5-12-3-2-8(10-12)9(13)14/h2-4H,5H2,1H3,(H,13,14). The Morgan fingerprint density at radius 3 is 3.00 bits per heavy atom. The predicted molar refractivity (Wildman–Crippen MR) is 49.5 cm³/mol.